The van der Waals surface area contributed by atoms with Crippen molar-refractivity contribution in [2.45, 2.75) is 6.54 Å². The highest BCUT2D eigenvalue weighted by atomic mass is 16.6. The molecule has 0 aromatic heterocycles. The van der Waals surface area contributed by atoms with Gasteiger partial charge in [-0.25, -0.2) is 0 Å². The summed E-state index contributed by atoms with van der Waals surface area (Å²) >= 11 is 0. The molecule has 1 N–H and O–H groups in total. The topological polar surface area (TPSA) is 39.7 Å². The summed E-state index contributed by atoms with van der Waals surface area (Å²) in [6.45, 7) is 1.99. The Morgan fingerprint density at radius 2 is 1.86 bits per heavy atom. The molecule has 110 valence electrons. The Bertz CT molecular complexity index is 640. The highest BCUT2D eigenvalue weighted by Crippen LogP contribution is 2.36. The van der Waals surface area contributed by atoms with Crippen LogP contribution in [-0.2, 0) is 6.54 Å². The molecular formula is C17H19NO3. The summed E-state index contributed by atoms with van der Waals surface area (Å²) in [5, 5.41) is 3.20. The van der Waals surface area contributed by atoms with Crippen molar-refractivity contribution in [3.8, 4) is 28.4 Å². The Morgan fingerprint density at radius 3 is 2.62 bits per heavy atom. The summed E-state index contributed by atoms with van der Waals surface area (Å²) in [7, 11) is 3.62. The molecule has 0 aliphatic carbocycles. The molecular weight excluding hydrogens is 266 g/mol. The molecule has 0 unspecified atom stereocenters. The number of nitrogens with one attached hydrogen (secondary N) is 1. The van der Waals surface area contributed by atoms with Crippen LogP contribution in [-0.4, -0.2) is 27.4 Å². The summed E-state index contributed by atoms with van der Waals surface area (Å²) in [4.78, 5) is 0. The van der Waals surface area contributed by atoms with Crippen LogP contribution in [0.4, 0.5) is 0 Å². The van der Waals surface area contributed by atoms with Crippen LogP contribution in [0, 0.1) is 0 Å². The third kappa shape index (κ3) is 2.81. The van der Waals surface area contributed by atoms with Crippen molar-refractivity contribution in [3.63, 3.8) is 0 Å². The summed E-state index contributed by atoms with van der Waals surface area (Å²) < 4.78 is 16.5. The van der Waals surface area contributed by atoms with Crippen molar-refractivity contribution < 1.29 is 14.2 Å². The fraction of sp³-hybridized carbons (Fsp3) is 0.294. The lowest BCUT2D eigenvalue weighted by molar-refractivity contribution is 0.171. The number of rotatable bonds is 4. The van der Waals surface area contributed by atoms with Gasteiger partial charge in [0.05, 0.1) is 7.11 Å². The molecule has 0 atom stereocenters. The van der Waals surface area contributed by atoms with E-state index in [1.165, 1.54) is 11.1 Å². The van der Waals surface area contributed by atoms with Gasteiger partial charge < -0.3 is 19.5 Å². The fourth-order valence-electron chi connectivity index (χ4n) is 2.53. The van der Waals surface area contributed by atoms with Gasteiger partial charge in [-0.3, -0.25) is 0 Å². The van der Waals surface area contributed by atoms with E-state index in [9.17, 15) is 0 Å². The summed E-state index contributed by atoms with van der Waals surface area (Å²) in [5.74, 6) is 2.49. The molecule has 0 fully saturated rings. The average molecular weight is 285 g/mol. The Morgan fingerprint density at radius 1 is 1.05 bits per heavy atom. The number of benzene rings is 2. The van der Waals surface area contributed by atoms with Crippen molar-refractivity contribution in [1.29, 1.82) is 0 Å². The Labute approximate surface area is 124 Å². The number of fused-ring (bicyclic) bond motifs is 1. The molecule has 0 bridgehead atoms. The van der Waals surface area contributed by atoms with E-state index in [-0.39, 0.29) is 0 Å². The van der Waals surface area contributed by atoms with Crippen molar-refractivity contribution >= 4 is 0 Å². The third-order valence-electron chi connectivity index (χ3n) is 3.53. The van der Waals surface area contributed by atoms with Gasteiger partial charge in [0.2, 0.25) is 0 Å². The maximum Gasteiger partial charge on any atom is 0.161 e. The average Bonchev–Trinajstić information content (AvgIpc) is 2.54. The van der Waals surface area contributed by atoms with Gasteiger partial charge >= 0.3 is 0 Å². The molecule has 1 heterocycles. The van der Waals surface area contributed by atoms with Gasteiger partial charge in [-0.05, 0) is 48.0 Å². The van der Waals surface area contributed by atoms with Crippen LogP contribution in [0.25, 0.3) is 11.1 Å². The highest BCUT2D eigenvalue weighted by Gasteiger charge is 2.14. The lowest BCUT2D eigenvalue weighted by atomic mass is 9.98. The number of hydrogen-bond acceptors (Lipinski definition) is 4. The van der Waals surface area contributed by atoms with Crippen LogP contribution in [0.3, 0.4) is 0 Å². The van der Waals surface area contributed by atoms with Crippen molar-refractivity contribution in [2.75, 3.05) is 27.4 Å². The van der Waals surface area contributed by atoms with Gasteiger partial charge in [-0.15, -0.1) is 0 Å². The smallest absolute Gasteiger partial charge is 0.161 e. The molecule has 21 heavy (non-hydrogen) atoms. The van der Waals surface area contributed by atoms with Crippen LogP contribution >= 0.6 is 0 Å². The van der Waals surface area contributed by atoms with Gasteiger partial charge in [0, 0.05) is 6.54 Å². The number of hydrogen-bond donors (Lipinski definition) is 1. The first-order valence-electron chi connectivity index (χ1n) is 7.03. The van der Waals surface area contributed by atoms with E-state index in [1.807, 2.05) is 25.2 Å². The standard InChI is InChI=1S/C17H19NO3/c1-18-11-13-9-14(19-2)4-5-15(13)12-3-6-16-17(10-12)21-8-7-20-16/h3-6,9-10,18H,7-8,11H2,1-2H3. The zero-order chi connectivity index (χ0) is 14.7. The maximum atomic E-state index is 5.67. The first-order valence-corrected chi connectivity index (χ1v) is 7.03. The quantitative estimate of drug-likeness (QED) is 0.937. The first kappa shape index (κ1) is 13.8. The van der Waals surface area contributed by atoms with Gasteiger partial charge in [0.1, 0.15) is 19.0 Å². The summed E-state index contributed by atoms with van der Waals surface area (Å²) in [6, 6.07) is 12.2. The van der Waals surface area contributed by atoms with Crippen LogP contribution in [0.2, 0.25) is 0 Å². The molecule has 2 aromatic carbocycles. The molecule has 1 aliphatic rings. The predicted molar refractivity (Wildman–Crippen MR) is 82.2 cm³/mol. The second-order valence-corrected chi connectivity index (χ2v) is 4.91. The van der Waals surface area contributed by atoms with E-state index < -0.39 is 0 Å². The molecule has 1 aliphatic heterocycles. The second-order valence-electron chi connectivity index (χ2n) is 4.91. The molecule has 4 heteroatoms. The van der Waals surface area contributed by atoms with E-state index in [2.05, 4.69) is 23.5 Å². The van der Waals surface area contributed by atoms with Crippen molar-refractivity contribution in [2.24, 2.45) is 0 Å². The van der Waals surface area contributed by atoms with Gasteiger partial charge in [0.25, 0.3) is 0 Å². The van der Waals surface area contributed by atoms with Crippen LogP contribution in [0.5, 0.6) is 17.2 Å². The molecule has 3 rings (SSSR count). The number of methoxy groups -OCH3 is 1. The Balaban J connectivity index is 2.02. The van der Waals surface area contributed by atoms with E-state index in [1.54, 1.807) is 7.11 Å². The summed E-state index contributed by atoms with van der Waals surface area (Å²) in [5.41, 5.74) is 3.47. The predicted octanol–water partition coefficient (Wildman–Crippen LogP) is 2.85. The zero-order valence-corrected chi connectivity index (χ0v) is 12.3. The van der Waals surface area contributed by atoms with Gasteiger partial charge in [0.15, 0.2) is 11.5 Å². The zero-order valence-electron chi connectivity index (χ0n) is 12.3. The molecule has 0 saturated heterocycles. The lowest BCUT2D eigenvalue weighted by Gasteiger charge is -2.19. The van der Waals surface area contributed by atoms with Crippen LogP contribution in [0.15, 0.2) is 36.4 Å². The molecule has 0 spiro atoms. The normalized spacial score (nSPS) is 13.0. The van der Waals surface area contributed by atoms with E-state index in [4.69, 9.17) is 14.2 Å². The molecule has 4 nitrogen and oxygen atoms in total. The van der Waals surface area contributed by atoms with Gasteiger partial charge in [-0.2, -0.15) is 0 Å². The molecule has 0 saturated carbocycles. The van der Waals surface area contributed by atoms with Crippen molar-refractivity contribution in [3.05, 3.63) is 42.0 Å². The SMILES string of the molecule is CNCc1cc(OC)ccc1-c1ccc2c(c1)OCCO2. The van der Waals surface area contributed by atoms with Crippen molar-refractivity contribution in [1.82, 2.24) is 5.32 Å². The molecule has 2 aromatic rings. The van der Waals surface area contributed by atoms with E-state index >= 15 is 0 Å². The largest absolute Gasteiger partial charge is 0.497 e. The highest BCUT2D eigenvalue weighted by molar-refractivity contribution is 5.71. The lowest BCUT2D eigenvalue weighted by Crippen LogP contribution is -2.15. The molecule has 0 amide bonds. The minimum atomic E-state index is 0.600. The first-order chi connectivity index (χ1) is 10.3. The Hall–Kier alpha value is -2.20. The maximum absolute atomic E-state index is 5.67. The van der Waals surface area contributed by atoms with Gasteiger partial charge in [-0.1, -0.05) is 12.1 Å². The minimum Gasteiger partial charge on any atom is -0.497 e. The number of ether oxygens (including phenoxy) is 3. The second kappa shape index (κ2) is 6.06. The summed E-state index contributed by atoms with van der Waals surface area (Å²) in [6.07, 6.45) is 0. The Kier molecular flexibility index (Phi) is 3.97. The monoisotopic (exact) mass is 285 g/mol. The van der Waals surface area contributed by atoms with E-state index in [0.29, 0.717) is 13.2 Å². The van der Waals surface area contributed by atoms with Crippen LogP contribution < -0.4 is 19.5 Å². The van der Waals surface area contributed by atoms with E-state index in [0.717, 1.165) is 29.4 Å². The van der Waals surface area contributed by atoms with Crippen LogP contribution in [0.1, 0.15) is 5.56 Å². The fourth-order valence-corrected chi connectivity index (χ4v) is 2.53. The minimum absolute atomic E-state index is 0.600. The molecule has 0 radical (unpaired) electrons. The third-order valence-corrected chi connectivity index (χ3v) is 3.53.